The zero-order valence-corrected chi connectivity index (χ0v) is 12.6. The average Bonchev–Trinajstić information content (AvgIpc) is 2.77. The van der Waals surface area contributed by atoms with Crippen molar-refractivity contribution in [1.29, 1.82) is 0 Å². The monoisotopic (exact) mass is 282 g/mol. The smallest absolute Gasteiger partial charge is 0.127 e. The molecule has 1 N–H and O–H groups in total. The summed E-state index contributed by atoms with van der Waals surface area (Å²) in [5.74, 6) is 1.84. The summed E-state index contributed by atoms with van der Waals surface area (Å²) in [6, 6.07) is 18.5. The number of ether oxygens (including phenoxy) is 1. The van der Waals surface area contributed by atoms with Gasteiger partial charge in [0, 0.05) is 5.56 Å². The van der Waals surface area contributed by atoms with Gasteiger partial charge in [-0.2, -0.15) is 0 Å². The second-order valence-corrected chi connectivity index (χ2v) is 5.90. The van der Waals surface area contributed by atoms with E-state index in [0.717, 1.165) is 18.0 Å². The van der Waals surface area contributed by atoms with Gasteiger partial charge in [0.25, 0.3) is 0 Å². The maximum Gasteiger partial charge on any atom is 0.127 e. The van der Waals surface area contributed by atoms with Gasteiger partial charge in [-0.25, -0.2) is 0 Å². The summed E-state index contributed by atoms with van der Waals surface area (Å²) in [5.41, 5.74) is 1.38. The molecule has 21 heavy (non-hydrogen) atoms. The normalized spacial score (nSPS) is 16.4. The third-order valence-corrected chi connectivity index (χ3v) is 4.14. The summed E-state index contributed by atoms with van der Waals surface area (Å²) in [5, 5.41) is 0. The van der Waals surface area contributed by atoms with Gasteiger partial charge in [-0.1, -0.05) is 30.3 Å². The van der Waals surface area contributed by atoms with Crippen molar-refractivity contribution in [2.75, 3.05) is 13.1 Å². The van der Waals surface area contributed by atoms with Gasteiger partial charge in [-0.15, -0.1) is 0 Å². The average molecular weight is 282 g/mol. The van der Waals surface area contributed by atoms with Gasteiger partial charge < -0.3 is 9.64 Å². The molecule has 2 aromatic rings. The van der Waals surface area contributed by atoms with Gasteiger partial charge in [-0.3, -0.25) is 0 Å². The van der Waals surface area contributed by atoms with E-state index in [1.807, 2.05) is 36.4 Å². The van der Waals surface area contributed by atoms with Crippen molar-refractivity contribution < 1.29 is 9.64 Å². The van der Waals surface area contributed by atoms with Crippen molar-refractivity contribution in [3.8, 4) is 11.5 Å². The number of para-hydroxylation sites is 1. The molecule has 1 aliphatic heterocycles. The van der Waals surface area contributed by atoms with Crippen molar-refractivity contribution >= 4 is 0 Å². The predicted octanol–water partition coefficient (Wildman–Crippen LogP) is 3.44. The van der Waals surface area contributed by atoms with Gasteiger partial charge >= 0.3 is 0 Å². The summed E-state index contributed by atoms with van der Waals surface area (Å²) in [6.07, 6.45) is 5.55. The van der Waals surface area contributed by atoms with Crippen LogP contribution in [0, 0.1) is 0 Å². The number of hydrogen-bond acceptors (Lipinski definition) is 1. The fourth-order valence-electron chi connectivity index (χ4n) is 3.04. The second kappa shape index (κ2) is 7.28. The van der Waals surface area contributed by atoms with E-state index in [1.165, 1.54) is 44.3 Å². The molecule has 2 heteroatoms. The Morgan fingerprint density at radius 1 is 0.762 bits per heavy atom. The molecule has 0 aromatic heterocycles. The highest BCUT2D eigenvalue weighted by atomic mass is 16.5. The quantitative estimate of drug-likeness (QED) is 0.907. The molecule has 0 atom stereocenters. The van der Waals surface area contributed by atoms with Crippen LogP contribution in [0.15, 0.2) is 54.6 Å². The van der Waals surface area contributed by atoms with E-state index in [4.69, 9.17) is 4.74 Å². The van der Waals surface area contributed by atoms with E-state index in [0.29, 0.717) is 0 Å². The lowest BCUT2D eigenvalue weighted by molar-refractivity contribution is -0.913. The molecule has 3 rings (SSSR count). The highest BCUT2D eigenvalue weighted by Crippen LogP contribution is 2.21. The van der Waals surface area contributed by atoms with Crippen LogP contribution in [0.1, 0.15) is 31.2 Å². The molecule has 1 heterocycles. The summed E-state index contributed by atoms with van der Waals surface area (Å²) >= 11 is 0. The Hall–Kier alpha value is -1.80. The van der Waals surface area contributed by atoms with E-state index in [2.05, 4.69) is 18.2 Å². The van der Waals surface area contributed by atoms with Crippen LogP contribution in [-0.2, 0) is 6.54 Å². The molecule has 0 amide bonds. The first-order chi connectivity index (χ1) is 10.4. The predicted molar refractivity (Wildman–Crippen MR) is 85.8 cm³/mol. The molecule has 110 valence electrons. The SMILES string of the molecule is c1ccc(Oc2cccc(C[NH+]3CCCCCC3)c2)cc1. The third-order valence-electron chi connectivity index (χ3n) is 4.14. The van der Waals surface area contributed by atoms with Gasteiger partial charge in [0.05, 0.1) is 13.1 Å². The van der Waals surface area contributed by atoms with Crippen molar-refractivity contribution in [3.05, 3.63) is 60.2 Å². The fraction of sp³-hybridized carbons (Fsp3) is 0.368. The summed E-state index contributed by atoms with van der Waals surface area (Å²) in [6.45, 7) is 3.74. The minimum Gasteiger partial charge on any atom is -0.457 e. The second-order valence-electron chi connectivity index (χ2n) is 5.90. The van der Waals surface area contributed by atoms with E-state index in [1.54, 1.807) is 4.90 Å². The lowest BCUT2D eigenvalue weighted by Gasteiger charge is -2.17. The molecule has 1 aliphatic rings. The van der Waals surface area contributed by atoms with Crippen LogP contribution in [0.2, 0.25) is 0 Å². The van der Waals surface area contributed by atoms with E-state index in [9.17, 15) is 0 Å². The van der Waals surface area contributed by atoms with Crippen molar-refractivity contribution in [3.63, 3.8) is 0 Å². The fourth-order valence-corrected chi connectivity index (χ4v) is 3.04. The first kappa shape index (κ1) is 14.2. The first-order valence-corrected chi connectivity index (χ1v) is 8.05. The first-order valence-electron chi connectivity index (χ1n) is 8.05. The van der Waals surface area contributed by atoms with Crippen molar-refractivity contribution in [1.82, 2.24) is 0 Å². The Morgan fingerprint density at radius 2 is 1.48 bits per heavy atom. The minimum absolute atomic E-state index is 0.900. The Kier molecular flexibility index (Phi) is 4.90. The minimum atomic E-state index is 0.900. The third kappa shape index (κ3) is 4.33. The van der Waals surface area contributed by atoms with Crippen LogP contribution >= 0.6 is 0 Å². The lowest BCUT2D eigenvalue weighted by atomic mass is 10.2. The van der Waals surface area contributed by atoms with E-state index < -0.39 is 0 Å². The number of benzene rings is 2. The van der Waals surface area contributed by atoms with E-state index >= 15 is 0 Å². The van der Waals surface area contributed by atoms with Crippen LogP contribution in [0.3, 0.4) is 0 Å². The zero-order chi connectivity index (χ0) is 14.3. The summed E-state index contributed by atoms with van der Waals surface area (Å²) < 4.78 is 5.92. The summed E-state index contributed by atoms with van der Waals surface area (Å²) in [4.78, 5) is 1.71. The van der Waals surface area contributed by atoms with Crippen LogP contribution < -0.4 is 9.64 Å². The molecule has 0 unspecified atom stereocenters. The standard InChI is InChI=1S/C19H23NO/c1-2-7-14-20(13-6-1)16-17-9-8-12-19(15-17)21-18-10-4-3-5-11-18/h3-5,8-12,15H,1-2,6-7,13-14,16H2/p+1. The van der Waals surface area contributed by atoms with Crippen LogP contribution in [0.25, 0.3) is 0 Å². The maximum atomic E-state index is 5.92. The number of hydrogen-bond donors (Lipinski definition) is 1. The van der Waals surface area contributed by atoms with Gasteiger partial charge in [0.1, 0.15) is 18.0 Å². The van der Waals surface area contributed by atoms with E-state index in [-0.39, 0.29) is 0 Å². The topological polar surface area (TPSA) is 13.7 Å². The zero-order valence-electron chi connectivity index (χ0n) is 12.6. The molecule has 1 saturated heterocycles. The molecular formula is C19H24NO+. The lowest BCUT2D eigenvalue weighted by Crippen LogP contribution is -3.10. The molecule has 0 bridgehead atoms. The Labute approximate surface area is 127 Å². The molecule has 0 radical (unpaired) electrons. The van der Waals surface area contributed by atoms with Crippen molar-refractivity contribution in [2.24, 2.45) is 0 Å². The maximum absolute atomic E-state index is 5.92. The van der Waals surface area contributed by atoms with Crippen LogP contribution in [0.5, 0.6) is 11.5 Å². The largest absolute Gasteiger partial charge is 0.457 e. The number of rotatable bonds is 4. The van der Waals surface area contributed by atoms with Gasteiger partial charge in [0.15, 0.2) is 0 Å². The Bertz CT molecular complexity index is 545. The van der Waals surface area contributed by atoms with Gasteiger partial charge in [-0.05, 0) is 49.9 Å². The summed E-state index contributed by atoms with van der Waals surface area (Å²) in [7, 11) is 0. The van der Waals surface area contributed by atoms with Crippen LogP contribution in [-0.4, -0.2) is 13.1 Å². The van der Waals surface area contributed by atoms with Crippen molar-refractivity contribution in [2.45, 2.75) is 32.2 Å². The molecular weight excluding hydrogens is 258 g/mol. The van der Waals surface area contributed by atoms with Gasteiger partial charge in [0.2, 0.25) is 0 Å². The number of quaternary nitrogens is 1. The molecule has 0 aliphatic carbocycles. The van der Waals surface area contributed by atoms with Crippen LogP contribution in [0.4, 0.5) is 0 Å². The number of nitrogens with one attached hydrogen (secondary N) is 1. The highest BCUT2D eigenvalue weighted by Gasteiger charge is 2.13. The molecule has 2 aromatic carbocycles. The number of likely N-dealkylation sites (tertiary alicyclic amines) is 1. The Morgan fingerprint density at radius 3 is 2.24 bits per heavy atom. The molecule has 0 spiro atoms. The molecule has 0 saturated carbocycles. The highest BCUT2D eigenvalue weighted by molar-refractivity contribution is 5.33. The molecule has 2 nitrogen and oxygen atoms in total. The Balaban J connectivity index is 1.65. The molecule has 1 fully saturated rings.